The molecule has 0 bridgehead atoms. The van der Waals surface area contributed by atoms with Gasteiger partial charge in [-0.05, 0) is 25.1 Å². The lowest BCUT2D eigenvalue weighted by molar-refractivity contribution is -0.143. The van der Waals surface area contributed by atoms with E-state index in [2.05, 4.69) is 5.32 Å². The van der Waals surface area contributed by atoms with E-state index in [0.717, 1.165) is 11.8 Å². The van der Waals surface area contributed by atoms with Crippen molar-refractivity contribution < 1.29 is 35.9 Å². The number of carbonyl (C=O) groups excluding carboxylic acids is 1. The van der Waals surface area contributed by atoms with E-state index in [4.69, 9.17) is 4.74 Å². The van der Waals surface area contributed by atoms with Gasteiger partial charge in [0.05, 0.1) is 17.7 Å². The van der Waals surface area contributed by atoms with Crippen molar-refractivity contribution in [2.75, 3.05) is 17.7 Å². The standard InChI is InChI=1S/C14H11F6NO2S/c1-7-11(24-3-2-23-7)12(22)21-10-5-8(13(15,16)17)4-9(6-10)14(18,19)20/h4-6H,2-3H2,1H3,(H,21,22). The summed E-state index contributed by atoms with van der Waals surface area (Å²) >= 11 is 1.12. The number of nitrogens with one attached hydrogen (secondary N) is 1. The number of rotatable bonds is 2. The molecule has 0 saturated carbocycles. The molecule has 132 valence electrons. The third-order valence-corrected chi connectivity index (χ3v) is 4.15. The molecule has 1 N–H and O–H groups in total. The van der Waals surface area contributed by atoms with Gasteiger partial charge >= 0.3 is 12.4 Å². The van der Waals surface area contributed by atoms with Gasteiger partial charge in [0.2, 0.25) is 0 Å². The van der Waals surface area contributed by atoms with E-state index in [1.165, 1.54) is 6.92 Å². The maximum atomic E-state index is 12.8. The quantitative estimate of drug-likeness (QED) is 0.769. The third kappa shape index (κ3) is 4.37. The highest BCUT2D eigenvalue weighted by Crippen LogP contribution is 2.38. The Labute approximate surface area is 137 Å². The Morgan fingerprint density at radius 1 is 1.08 bits per heavy atom. The van der Waals surface area contributed by atoms with E-state index in [1.807, 2.05) is 0 Å². The van der Waals surface area contributed by atoms with E-state index in [0.29, 0.717) is 24.5 Å². The molecule has 1 amide bonds. The molecule has 1 aromatic carbocycles. The fourth-order valence-electron chi connectivity index (χ4n) is 1.95. The average molecular weight is 371 g/mol. The van der Waals surface area contributed by atoms with Crippen molar-refractivity contribution in [1.82, 2.24) is 0 Å². The summed E-state index contributed by atoms with van der Waals surface area (Å²) in [6.45, 7) is 1.86. The van der Waals surface area contributed by atoms with Crippen LogP contribution < -0.4 is 5.32 Å². The first kappa shape index (κ1) is 18.5. The van der Waals surface area contributed by atoms with Crippen LogP contribution in [0, 0.1) is 0 Å². The van der Waals surface area contributed by atoms with E-state index < -0.39 is 35.1 Å². The Morgan fingerprint density at radius 2 is 1.62 bits per heavy atom. The molecule has 10 heteroatoms. The second-order valence-corrected chi connectivity index (χ2v) is 5.94. The lowest BCUT2D eigenvalue weighted by Crippen LogP contribution is -2.19. The number of allylic oxidation sites excluding steroid dienone is 1. The Bertz CT molecular complexity index is 649. The van der Waals surface area contributed by atoms with Gasteiger partial charge in [0.1, 0.15) is 10.7 Å². The molecule has 0 spiro atoms. The largest absolute Gasteiger partial charge is 0.496 e. The van der Waals surface area contributed by atoms with Crippen molar-refractivity contribution in [3.8, 4) is 0 Å². The zero-order chi connectivity index (χ0) is 18.1. The number of benzene rings is 1. The van der Waals surface area contributed by atoms with Crippen LogP contribution in [0.15, 0.2) is 28.9 Å². The molecule has 0 radical (unpaired) electrons. The van der Waals surface area contributed by atoms with Crippen LogP contribution in [0.25, 0.3) is 0 Å². The van der Waals surface area contributed by atoms with E-state index in [1.54, 1.807) is 0 Å². The zero-order valence-corrected chi connectivity index (χ0v) is 13.0. The van der Waals surface area contributed by atoms with Crippen molar-refractivity contribution >= 4 is 23.4 Å². The lowest BCUT2D eigenvalue weighted by atomic mass is 10.1. The van der Waals surface area contributed by atoms with Gasteiger partial charge in [0.15, 0.2) is 0 Å². The van der Waals surface area contributed by atoms with Crippen molar-refractivity contribution in [3.63, 3.8) is 0 Å². The third-order valence-electron chi connectivity index (χ3n) is 3.02. The number of thioether (sulfide) groups is 1. The van der Waals surface area contributed by atoms with Gasteiger partial charge in [-0.1, -0.05) is 0 Å². The summed E-state index contributed by atoms with van der Waals surface area (Å²) in [6, 6.07) is 0.910. The van der Waals surface area contributed by atoms with Crippen molar-refractivity contribution in [2.24, 2.45) is 0 Å². The van der Waals surface area contributed by atoms with Gasteiger partial charge in [0.25, 0.3) is 5.91 Å². The minimum atomic E-state index is -4.97. The van der Waals surface area contributed by atoms with Crippen LogP contribution in [0.1, 0.15) is 18.1 Å². The summed E-state index contributed by atoms with van der Waals surface area (Å²) in [5, 5.41) is 2.07. The molecule has 0 fully saturated rings. The first-order valence-corrected chi connectivity index (χ1v) is 7.54. The molecule has 1 heterocycles. The predicted molar refractivity (Wildman–Crippen MR) is 76.2 cm³/mol. The average Bonchev–Trinajstić information content (AvgIpc) is 2.45. The Hall–Kier alpha value is -1.84. The monoisotopic (exact) mass is 371 g/mol. The maximum absolute atomic E-state index is 12.8. The zero-order valence-electron chi connectivity index (χ0n) is 12.1. The topological polar surface area (TPSA) is 38.3 Å². The lowest BCUT2D eigenvalue weighted by Gasteiger charge is -2.19. The summed E-state index contributed by atoms with van der Waals surface area (Å²) in [7, 11) is 0. The highest BCUT2D eigenvalue weighted by molar-refractivity contribution is 8.04. The van der Waals surface area contributed by atoms with Gasteiger partial charge in [-0.2, -0.15) is 26.3 Å². The molecule has 3 nitrogen and oxygen atoms in total. The second-order valence-electron chi connectivity index (χ2n) is 4.83. The van der Waals surface area contributed by atoms with Crippen LogP contribution in [0.5, 0.6) is 0 Å². The fourth-order valence-corrected chi connectivity index (χ4v) is 2.76. The molecule has 2 rings (SSSR count). The van der Waals surface area contributed by atoms with Crippen molar-refractivity contribution in [1.29, 1.82) is 0 Å². The van der Waals surface area contributed by atoms with Crippen LogP contribution in [0.2, 0.25) is 0 Å². The van der Waals surface area contributed by atoms with Crippen LogP contribution >= 0.6 is 11.8 Å². The van der Waals surface area contributed by atoms with Gasteiger partial charge < -0.3 is 10.1 Å². The van der Waals surface area contributed by atoms with Crippen molar-refractivity contribution in [3.05, 3.63) is 40.0 Å². The summed E-state index contributed by atoms with van der Waals surface area (Å²) in [5.41, 5.74) is -3.58. The Balaban J connectivity index is 2.37. The smallest absolute Gasteiger partial charge is 0.416 e. The molecule has 1 aliphatic rings. The van der Waals surface area contributed by atoms with Crippen LogP contribution in [-0.2, 0) is 21.9 Å². The highest BCUT2D eigenvalue weighted by atomic mass is 32.2. The number of carbonyl (C=O) groups is 1. The van der Waals surface area contributed by atoms with Crippen LogP contribution in [0.3, 0.4) is 0 Å². The number of alkyl halides is 6. The Morgan fingerprint density at radius 3 is 2.08 bits per heavy atom. The minimum Gasteiger partial charge on any atom is -0.496 e. The van der Waals surface area contributed by atoms with E-state index >= 15 is 0 Å². The molecule has 0 unspecified atom stereocenters. The number of amides is 1. The van der Waals surface area contributed by atoms with Gasteiger partial charge in [-0.25, -0.2) is 0 Å². The van der Waals surface area contributed by atoms with E-state index in [-0.39, 0.29) is 16.7 Å². The predicted octanol–water partition coefficient (Wildman–Crippen LogP) is 4.66. The summed E-state index contributed by atoms with van der Waals surface area (Å²) < 4.78 is 81.8. The van der Waals surface area contributed by atoms with Gasteiger partial charge in [-0.15, -0.1) is 11.8 Å². The summed E-state index contributed by atoms with van der Waals surface area (Å²) in [5.74, 6) is -0.0901. The number of anilines is 1. The number of hydrogen-bond acceptors (Lipinski definition) is 3. The molecular weight excluding hydrogens is 360 g/mol. The first-order valence-electron chi connectivity index (χ1n) is 6.56. The molecule has 24 heavy (non-hydrogen) atoms. The minimum absolute atomic E-state index is 0.00135. The summed E-state index contributed by atoms with van der Waals surface area (Å²) in [4.78, 5) is 12.2. The highest BCUT2D eigenvalue weighted by Gasteiger charge is 2.37. The molecule has 0 atom stereocenters. The molecule has 0 aromatic heterocycles. The Kier molecular flexibility index (Phi) is 5.07. The number of hydrogen-bond donors (Lipinski definition) is 1. The maximum Gasteiger partial charge on any atom is 0.416 e. The molecule has 0 aliphatic carbocycles. The second kappa shape index (κ2) is 6.58. The van der Waals surface area contributed by atoms with Crippen LogP contribution in [-0.4, -0.2) is 18.3 Å². The summed E-state index contributed by atoms with van der Waals surface area (Å²) in [6.07, 6.45) is -9.95. The molecular formula is C14H11F6NO2S. The van der Waals surface area contributed by atoms with E-state index in [9.17, 15) is 31.1 Å². The van der Waals surface area contributed by atoms with Gasteiger partial charge in [-0.3, -0.25) is 4.79 Å². The normalized spacial score (nSPS) is 16.0. The number of ether oxygens (including phenoxy) is 1. The molecule has 0 saturated heterocycles. The SMILES string of the molecule is CC1=C(C(=O)Nc2cc(C(F)(F)F)cc(C(F)(F)F)c2)SCCO1. The first-order chi connectivity index (χ1) is 11.0. The van der Waals surface area contributed by atoms with Crippen LogP contribution in [0.4, 0.5) is 32.0 Å². The number of halogens is 6. The fraction of sp³-hybridized carbons (Fsp3) is 0.357. The van der Waals surface area contributed by atoms with Gasteiger partial charge in [0, 0.05) is 11.4 Å². The molecule has 1 aromatic rings. The molecule has 1 aliphatic heterocycles. The van der Waals surface area contributed by atoms with Crippen molar-refractivity contribution in [2.45, 2.75) is 19.3 Å².